The van der Waals surface area contributed by atoms with Crippen LogP contribution in [0.25, 0.3) is 0 Å². The van der Waals surface area contributed by atoms with Crippen molar-refractivity contribution in [3.05, 3.63) is 0 Å². The van der Waals surface area contributed by atoms with Gasteiger partial charge in [0, 0.05) is 24.4 Å². The summed E-state index contributed by atoms with van der Waals surface area (Å²) in [6.07, 6.45) is -0.212. The minimum atomic E-state index is -0.212. The van der Waals surface area contributed by atoms with Gasteiger partial charge in [-0.15, -0.1) is 0 Å². The Bertz CT molecular complexity index is 231. The van der Waals surface area contributed by atoms with Gasteiger partial charge >= 0.3 is 6.09 Å². The first-order valence-corrected chi connectivity index (χ1v) is 4.56. The van der Waals surface area contributed by atoms with Gasteiger partial charge in [-0.2, -0.15) is 0 Å². The van der Waals surface area contributed by atoms with Gasteiger partial charge in [0.25, 0.3) is 0 Å². The number of carbonyl (C=O) groups excluding carboxylic acids is 1. The van der Waals surface area contributed by atoms with E-state index < -0.39 is 0 Å². The fourth-order valence-corrected chi connectivity index (χ4v) is 2.24. The van der Waals surface area contributed by atoms with Gasteiger partial charge in [-0.3, -0.25) is 0 Å². The molecule has 0 spiro atoms. The second kappa shape index (κ2) is 2.87. The van der Waals surface area contributed by atoms with Crippen molar-refractivity contribution in [3.8, 4) is 0 Å². The Hall–Kier alpha value is -0.770. The Morgan fingerprint density at radius 3 is 3.08 bits per heavy atom. The summed E-state index contributed by atoms with van der Waals surface area (Å²) in [5.41, 5.74) is 0.161. The third kappa shape index (κ3) is 1.29. The fraction of sp³-hybridized carbons (Fsp3) is 0.889. The summed E-state index contributed by atoms with van der Waals surface area (Å²) in [7, 11) is 1.43. The van der Waals surface area contributed by atoms with Gasteiger partial charge in [0.1, 0.15) is 0 Å². The molecule has 2 fully saturated rings. The smallest absolute Gasteiger partial charge is 0.409 e. The quantitative estimate of drug-likeness (QED) is 0.558. The van der Waals surface area contributed by atoms with Crippen LogP contribution >= 0.6 is 0 Å². The minimum absolute atomic E-state index is 0.161. The van der Waals surface area contributed by atoms with E-state index in [1.165, 1.54) is 7.11 Å². The first-order chi connectivity index (χ1) is 6.15. The van der Waals surface area contributed by atoms with Crippen LogP contribution < -0.4 is 0 Å². The molecule has 0 saturated carbocycles. The second-order valence-electron chi connectivity index (χ2n) is 4.22. The molecule has 0 aromatic carbocycles. The standard InChI is InChI=1S/C9H15NO3/c1-9-5-10(8(11)12-2)3-7(9)4-13-6-9/h7H,3-6H2,1-2H3. The molecule has 74 valence electrons. The minimum Gasteiger partial charge on any atom is -0.453 e. The Morgan fingerprint density at radius 1 is 1.69 bits per heavy atom. The van der Waals surface area contributed by atoms with Gasteiger partial charge in [0.05, 0.1) is 20.3 Å². The van der Waals surface area contributed by atoms with E-state index in [-0.39, 0.29) is 11.5 Å². The summed E-state index contributed by atoms with van der Waals surface area (Å²) >= 11 is 0. The lowest BCUT2D eigenvalue weighted by Crippen LogP contribution is -2.32. The Morgan fingerprint density at radius 2 is 2.46 bits per heavy atom. The van der Waals surface area contributed by atoms with Gasteiger partial charge < -0.3 is 14.4 Å². The monoisotopic (exact) mass is 185 g/mol. The Kier molecular flexibility index (Phi) is 1.95. The van der Waals surface area contributed by atoms with Gasteiger partial charge in [-0.05, 0) is 0 Å². The van der Waals surface area contributed by atoms with E-state index in [0.29, 0.717) is 5.92 Å². The predicted molar refractivity (Wildman–Crippen MR) is 46.4 cm³/mol. The van der Waals surface area contributed by atoms with E-state index in [4.69, 9.17) is 9.47 Å². The molecule has 0 radical (unpaired) electrons. The first kappa shape index (κ1) is 8.81. The van der Waals surface area contributed by atoms with Crippen LogP contribution in [0.4, 0.5) is 4.79 Å². The van der Waals surface area contributed by atoms with E-state index in [1.807, 2.05) is 0 Å². The van der Waals surface area contributed by atoms with Crippen LogP contribution in [-0.4, -0.2) is 44.4 Å². The van der Waals surface area contributed by atoms with E-state index in [1.54, 1.807) is 4.90 Å². The molecule has 2 atom stereocenters. The van der Waals surface area contributed by atoms with E-state index in [2.05, 4.69) is 6.92 Å². The van der Waals surface area contributed by atoms with Crippen molar-refractivity contribution >= 4 is 6.09 Å². The van der Waals surface area contributed by atoms with Crippen molar-refractivity contribution < 1.29 is 14.3 Å². The van der Waals surface area contributed by atoms with Crippen LogP contribution in [0.2, 0.25) is 0 Å². The maximum absolute atomic E-state index is 11.3. The zero-order valence-corrected chi connectivity index (χ0v) is 8.08. The van der Waals surface area contributed by atoms with Crippen molar-refractivity contribution in [1.82, 2.24) is 4.90 Å². The number of ether oxygens (including phenoxy) is 2. The highest BCUT2D eigenvalue weighted by atomic mass is 16.5. The van der Waals surface area contributed by atoms with Gasteiger partial charge in [0.2, 0.25) is 0 Å². The largest absolute Gasteiger partial charge is 0.453 e. The number of nitrogens with zero attached hydrogens (tertiary/aromatic N) is 1. The molecule has 2 saturated heterocycles. The van der Waals surface area contributed by atoms with Crippen molar-refractivity contribution in [1.29, 1.82) is 0 Å². The first-order valence-electron chi connectivity index (χ1n) is 4.56. The molecule has 2 heterocycles. The topological polar surface area (TPSA) is 38.8 Å². The molecule has 2 aliphatic rings. The molecule has 2 unspecified atom stereocenters. The van der Waals surface area contributed by atoms with Crippen molar-refractivity contribution in [3.63, 3.8) is 0 Å². The number of hydrogen-bond donors (Lipinski definition) is 0. The summed E-state index contributed by atoms with van der Waals surface area (Å²) in [4.78, 5) is 13.0. The summed E-state index contributed by atoms with van der Waals surface area (Å²) in [5, 5.41) is 0. The van der Waals surface area contributed by atoms with Crippen molar-refractivity contribution in [2.45, 2.75) is 6.92 Å². The Balaban J connectivity index is 2.05. The molecular formula is C9H15NO3. The zero-order valence-electron chi connectivity index (χ0n) is 8.08. The molecule has 4 nitrogen and oxygen atoms in total. The zero-order chi connectivity index (χ0) is 9.47. The van der Waals surface area contributed by atoms with Gasteiger partial charge in [-0.25, -0.2) is 4.79 Å². The molecule has 0 aromatic heterocycles. The molecule has 0 aromatic rings. The van der Waals surface area contributed by atoms with E-state index in [9.17, 15) is 4.79 Å². The molecule has 4 heteroatoms. The molecule has 2 rings (SSSR count). The normalized spacial score (nSPS) is 37.7. The Labute approximate surface area is 77.8 Å². The lowest BCUT2D eigenvalue weighted by molar-refractivity contribution is 0.107. The van der Waals surface area contributed by atoms with Crippen LogP contribution in [0.1, 0.15) is 6.92 Å². The third-order valence-electron chi connectivity index (χ3n) is 3.16. The lowest BCUT2D eigenvalue weighted by Gasteiger charge is -2.20. The SMILES string of the molecule is COC(=O)N1CC2COCC2(C)C1. The number of likely N-dealkylation sites (tertiary alicyclic amines) is 1. The predicted octanol–water partition coefficient (Wildman–Crippen LogP) is 0.721. The van der Waals surface area contributed by atoms with Gasteiger partial charge in [0.15, 0.2) is 0 Å². The summed E-state index contributed by atoms with van der Waals surface area (Å²) in [6.45, 7) is 5.27. The number of methoxy groups -OCH3 is 1. The number of carbonyl (C=O) groups is 1. The molecule has 0 N–H and O–H groups in total. The summed E-state index contributed by atoms with van der Waals surface area (Å²) in [5.74, 6) is 0.492. The number of amides is 1. The maximum Gasteiger partial charge on any atom is 0.409 e. The summed E-state index contributed by atoms with van der Waals surface area (Å²) < 4.78 is 10.1. The second-order valence-corrected chi connectivity index (χ2v) is 4.22. The number of hydrogen-bond acceptors (Lipinski definition) is 3. The highest BCUT2D eigenvalue weighted by Gasteiger charge is 2.48. The number of rotatable bonds is 0. The van der Waals surface area contributed by atoms with Crippen LogP contribution in [0, 0.1) is 11.3 Å². The van der Waals surface area contributed by atoms with Gasteiger partial charge in [-0.1, -0.05) is 6.92 Å². The molecule has 1 amide bonds. The fourth-order valence-electron chi connectivity index (χ4n) is 2.24. The highest BCUT2D eigenvalue weighted by molar-refractivity contribution is 5.68. The average molecular weight is 185 g/mol. The van der Waals surface area contributed by atoms with Crippen molar-refractivity contribution in [2.24, 2.45) is 11.3 Å². The molecule has 2 aliphatic heterocycles. The summed E-state index contributed by atoms with van der Waals surface area (Å²) in [6, 6.07) is 0. The molecule has 0 aliphatic carbocycles. The maximum atomic E-state index is 11.3. The van der Waals surface area contributed by atoms with E-state index >= 15 is 0 Å². The number of fused-ring (bicyclic) bond motifs is 1. The van der Waals surface area contributed by atoms with Crippen molar-refractivity contribution in [2.75, 3.05) is 33.4 Å². The lowest BCUT2D eigenvalue weighted by atomic mass is 9.83. The molecule has 0 bridgehead atoms. The van der Waals surface area contributed by atoms with Crippen LogP contribution in [0.3, 0.4) is 0 Å². The molecular weight excluding hydrogens is 170 g/mol. The van der Waals surface area contributed by atoms with E-state index in [0.717, 1.165) is 26.3 Å². The highest BCUT2D eigenvalue weighted by Crippen LogP contribution is 2.40. The van der Waals surface area contributed by atoms with Crippen LogP contribution in [0.5, 0.6) is 0 Å². The average Bonchev–Trinajstić information content (AvgIpc) is 2.57. The van der Waals surface area contributed by atoms with Crippen LogP contribution in [-0.2, 0) is 9.47 Å². The molecule has 13 heavy (non-hydrogen) atoms. The van der Waals surface area contributed by atoms with Crippen LogP contribution in [0.15, 0.2) is 0 Å². The third-order valence-corrected chi connectivity index (χ3v) is 3.16.